The smallest absolute Gasteiger partial charge is 0.315 e. The zero-order valence-electron chi connectivity index (χ0n) is 14.1. The summed E-state index contributed by atoms with van der Waals surface area (Å²) in [4.78, 5) is 25.3. The first kappa shape index (κ1) is 18.1. The summed E-state index contributed by atoms with van der Waals surface area (Å²) in [5.74, 6) is -0.413. The molecule has 0 radical (unpaired) electrons. The number of nitrogens with two attached hydrogens (primary N) is 1. The Balaban J connectivity index is 1.65. The predicted octanol–water partition coefficient (Wildman–Crippen LogP) is -1.48. The number of carbonyl (C=O) groups excluding carboxylic acids is 2. The zero-order valence-corrected chi connectivity index (χ0v) is 14.1. The molecule has 5 atom stereocenters. The van der Waals surface area contributed by atoms with E-state index in [0.717, 1.165) is 0 Å². The molecule has 0 saturated carbocycles. The molecule has 3 amide bonds. The molecular weight excluding hydrogens is 328 g/mol. The Morgan fingerprint density at radius 2 is 2.08 bits per heavy atom. The van der Waals surface area contributed by atoms with Crippen LogP contribution >= 0.6 is 0 Å². The van der Waals surface area contributed by atoms with E-state index in [-0.39, 0.29) is 24.0 Å². The quantitative estimate of drug-likeness (QED) is 0.446. The number of piperidine rings is 1. The topological polar surface area (TPSA) is 126 Å². The lowest BCUT2D eigenvalue weighted by molar-refractivity contribution is -0.184. The van der Waals surface area contributed by atoms with E-state index in [4.69, 9.17) is 15.2 Å². The van der Waals surface area contributed by atoms with Crippen LogP contribution in [-0.2, 0) is 14.3 Å². The van der Waals surface area contributed by atoms with Gasteiger partial charge in [0, 0.05) is 12.5 Å². The molecule has 3 aliphatic rings. The molecule has 0 spiro atoms. The van der Waals surface area contributed by atoms with E-state index < -0.39 is 24.5 Å². The van der Waals surface area contributed by atoms with Crippen molar-refractivity contribution in [3.63, 3.8) is 0 Å². The van der Waals surface area contributed by atoms with Crippen LogP contribution in [0.4, 0.5) is 4.79 Å². The number of fused-ring (bicyclic) bond motifs is 2. The van der Waals surface area contributed by atoms with Gasteiger partial charge in [-0.15, -0.1) is 6.58 Å². The van der Waals surface area contributed by atoms with Crippen LogP contribution in [-0.4, -0.2) is 78.8 Å². The molecule has 5 unspecified atom stereocenters. The van der Waals surface area contributed by atoms with Crippen molar-refractivity contribution < 1.29 is 24.2 Å². The van der Waals surface area contributed by atoms with Crippen LogP contribution in [0.2, 0.25) is 0 Å². The fraction of sp³-hybridized carbons (Fsp3) is 0.750. The zero-order chi connectivity index (χ0) is 18.0. The molecule has 0 aromatic heterocycles. The van der Waals surface area contributed by atoms with Crippen LogP contribution in [0, 0.1) is 5.92 Å². The van der Waals surface area contributed by atoms with Crippen molar-refractivity contribution in [2.45, 2.75) is 43.4 Å². The SMILES string of the molecule is C=CCNC(=O)NC1C2COC(O2)C(N2CCC(C(N)=O)CC2)C1O. The van der Waals surface area contributed by atoms with Crippen LogP contribution in [0.3, 0.4) is 0 Å². The van der Waals surface area contributed by atoms with Crippen molar-refractivity contribution in [2.24, 2.45) is 11.7 Å². The van der Waals surface area contributed by atoms with Gasteiger partial charge in [-0.2, -0.15) is 0 Å². The number of nitrogens with one attached hydrogen (secondary N) is 2. The standard InChI is InChI=1S/C16H26N4O5/c1-2-5-18-16(23)19-11-10-8-24-15(25-10)12(13(11)21)20-6-3-9(4-7-20)14(17)22/h2,9-13,15,21H,1,3-8H2,(H2,17,22)(H2,18,19,23). The van der Waals surface area contributed by atoms with E-state index in [0.29, 0.717) is 39.1 Å². The highest BCUT2D eigenvalue weighted by molar-refractivity contribution is 5.76. The summed E-state index contributed by atoms with van der Waals surface area (Å²) in [7, 11) is 0. The number of aliphatic hydroxyl groups is 1. The van der Waals surface area contributed by atoms with Gasteiger partial charge in [0.05, 0.1) is 24.8 Å². The number of likely N-dealkylation sites (tertiary alicyclic amines) is 1. The number of aliphatic hydroxyl groups excluding tert-OH is 1. The third-order valence-electron chi connectivity index (χ3n) is 5.19. The Bertz CT molecular complexity index is 523. The average Bonchev–Trinajstić information content (AvgIpc) is 3.02. The van der Waals surface area contributed by atoms with E-state index in [1.807, 2.05) is 0 Å². The highest BCUT2D eigenvalue weighted by Gasteiger charge is 2.53. The van der Waals surface area contributed by atoms with Crippen molar-refractivity contribution in [1.29, 1.82) is 0 Å². The highest BCUT2D eigenvalue weighted by Crippen LogP contribution is 2.33. The van der Waals surface area contributed by atoms with Gasteiger partial charge in [0.2, 0.25) is 5.91 Å². The minimum atomic E-state index is -0.828. The third kappa shape index (κ3) is 3.79. The molecule has 3 fully saturated rings. The maximum atomic E-state index is 11.9. The average molecular weight is 354 g/mol. The maximum Gasteiger partial charge on any atom is 0.315 e. The molecule has 9 heteroatoms. The van der Waals surface area contributed by atoms with E-state index in [1.165, 1.54) is 0 Å². The first-order chi connectivity index (χ1) is 12.0. The van der Waals surface area contributed by atoms with Gasteiger partial charge in [0.1, 0.15) is 6.10 Å². The second-order valence-electron chi connectivity index (χ2n) is 6.74. The molecule has 9 nitrogen and oxygen atoms in total. The Kier molecular flexibility index (Phi) is 5.57. The van der Waals surface area contributed by atoms with Crippen LogP contribution < -0.4 is 16.4 Å². The Labute approximate surface area is 146 Å². The van der Waals surface area contributed by atoms with Crippen LogP contribution in [0.1, 0.15) is 12.8 Å². The maximum absolute atomic E-state index is 11.9. The Morgan fingerprint density at radius 3 is 2.72 bits per heavy atom. The number of nitrogens with zero attached hydrogens (tertiary/aromatic N) is 1. The van der Waals surface area contributed by atoms with Crippen molar-refractivity contribution in [1.82, 2.24) is 15.5 Å². The van der Waals surface area contributed by atoms with Crippen molar-refractivity contribution in [3.05, 3.63) is 12.7 Å². The summed E-state index contributed by atoms with van der Waals surface area (Å²) in [6.45, 7) is 5.45. The molecule has 0 aromatic carbocycles. The predicted molar refractivity (Wildman–Crippen MR) is 88.4 cm³/mol. The van der Waals surface area contributed by atoms with Crippen molar-refractivity contribution in [2.75, 3.05) is 26.2 Å². The number of rotatable bonds is 5. The van der Waals surface area contributed by atoms with Gasteiger partial charge in [-0.25, -0.2) is 4.79 Å². The number of primary amides is 1. The highest BCUT2D eigenvalue weighted by atomic mass is 16.7. The summed E-state index contributed by atoms with van der Waals surface area (Å²) in [5, 5.41) is 16.3. The lowest BCUT2D eigenvalue weighted by atomic mass is 9.90. The van der Waals surface area contributed by atoms with E-state index in [2.05, 4.69) is 22.1 Å². The lowest BCUT2D eigenvalue weighted by Crippen LogP contribution is -2.66. The minimum absolute atomic E-state index is 0.131. The molecule has 0 aromatic rings. The molecule has 3 heterocycles. The summed E-state index contributed by atoms with van der Waals surface area (Å²) in [5.41, 5.74) is 5.38. The molecule has 0 aliphatic carbocycles. The number of amides is 3. The molecule has 3 saturated heterocycles. The third-order valence-corrected chi connectivity index (χ3v) is 5.19. The number of carbonyl (C=O) groups is 2. The molecule has 5 N–H and O–H groups in total. The molecular formula is C16H26N4O5. The first-order valence-electron chi connectivity index (χ1n) is 8.65. The first-order valence-corrected chi connectivity index (χ1v) is 8.65. The molecule has 2 bridgehead atoms. The van der Waals surface area contributed by atoms with Gasteiger partial charge in [-0.05, 0) is 25.9 Å². The van der Waals surface area contributed by atoms with Gasteiger partial charge in [0.15, 0.2) is 6.29 Å². The summed E-state index contributed by atoms with van der Waals surface area (Å²) in [6, 6.07) is -1.34. The van der Waals surface area contributed by atoms with E-state index in [9.17, 15) is 14.7 Å². The molecule has 3 rings (SSSR count). The van der Waals surface area contributed by atoms with Crippen LogP contribution in [0.15, 0.2) is 12.7 Å². The second kappa shape index (κ2) is 7.69. The number of hydrogen-bond acceptors (Lipinski definition) is 6. The van der Waals surface area contributed by atoms with Gasteiger partial charge < -0.3 is 30.9 Å². The molecule has 140 valence electrons. The number of ether oxygens (including phenoxy) is 2. The Hall–Kier alpha value is -1.68. The number of urea groups is 1. The van der Waals surface area contributed by atoms with Crippen LogP contribution in [0.5, 0.6) is 0 Å². The van der Waals surface area contributed by atoms with Gasteiger partial charge >= 0.3 is 6.03 Å². The van der Waals surface area contributed by atoms with Crippen molar-refractivity contribution >= 4 is 11.9 Å². The summed E-state index contributed by atoms with van der Waals surface area (Å²) in [6.07, 6.45) is 1.13. The van der Waals surface area contributed by atoms with Crippen molar-refractivity contribution in [3.8, 4) is 0 Å². The van der Waals surface area contributed by atoms with Gasteiger partial charge in [-0.3, -0.25) is 9.69 Å². The van der Waals surface area contributed by atoms with Gasteiger partial charge in [0.25, 0.3) is 0 Å². The second-order valence-corrected chi connectivity index (χ2v) is 6.74. The fourth-order valence-electron chi connectivity index (χ4n) is 3.82. The fourth-order valence-corrected chi connectivity index (χ4v) is 3.82. The summed E-state index contributed by atoms with van der Waals surface area (Å²) >= 11 is 0. The lowest BCUT2D eigenvalue weighted by Gasteiger charge is -2.45. The monoisotopic (exact) mass is 354 g/mol. The summed E-state index contributed by atoms with van der Waals surface area (Å²) < 4.78 is 11.5. The minimum Gasteiger partial charge on any atom is -0.389 e. The largest absolute Gasteiger partial charge is 0.389 e. The van der Waals surface area contributed by atoms with Crippen LogP contribution in [0.25, 0.3) is 0 Å². The van der Waals surface area contributed by atoms with E-state index in [1.54, 1.807) is 6.08 Å². The molecule has 3 aliphatic heterocycles. The normalized spacial score (nSPS) is 36.0. The Morgan fingerprint density at radius 1 is 1.36 bits per heavy atom. The van der Waals surface area contributed by atoms with Gasteiger partial charge in [-0.1, -0.05) is 6.08 Å². The molecule has 25 heavy (non-hydrogen) atoms. The van der Waals surface area contributed by atoms with E-state index >= 15 is 0 Å². The number of hydrogen-bond donors (Lipinski definition) is 4.